The van der Waals surface area contributed by atoms with Gasteiger partial charge in [-0.3, -0.25) is 9.59 Å². The smallest absolute Gasteiger partial charge is 0.309 e. The van der Waals surface area contributed by atoms with Gasteiger partial charge in [-0.2, -0.15) is 0 Å². The molecule has 174 valence electrons. The van der Waals surface area contributed by atoms with Crippen molar-refractivity contribution >= 4 is 11.9 Å². The van der Waals surface area contributed by atoms with E-state index in [-0.39, 0.29) is 5.97 Å². The van der Waals surface area contributed by atoms with Gasteiger partial charge in [0.1, 0.15) is 0 Å². The minimum Gasteiger partial charge on any atom is -0.481 e. The van der Waals surface area contributed by atoms with Crippen LogP contribution < -0.4 is 0 Å². The lowest BCUT2D eigenvalue weighted by molar-refractivity contribution is -0.163. The zero-order valence-electron chi connectivity index (χ0n) is 20.1. The lowest BCUT2D eigenvalue weighted by atomic mass is 9.62. The summed E-state index contributed by atoms with van der Waals surface area (Å²) >= 11 is 0. The molecule has 30 heavy (non-hydrogen) atoms. The summed E-state index contributed by atoms with van der Waals surface area (Å²) in [4.78, 5) is 24.5. The lowest BCUT2D eigenvalue weighted by Gasteiger charge is -2.44. The van der Waals surface area contributed by atoms with Crippen molar-refractivity contribution < 1.29 is 19.4 Å². The second-order valence-corrected chi connectivity index (χ2v) is 10.7. The lowest BCUT2D eigenvalue weighted by Crippen LogP contribution is -2.41. The van der Waals surface area contributed by atoms with Gasteiger partial charge in [0.25, 0.3) is 0 Å². The third-order valence-electron chi connectivity index (χ3n) is 8.35. The van der Waals surface area contributed by atoms with Gasteiger partial charge in [0.05, 0.1) is 18.4 Å². The normalized spacial score (nSPS) is 37.0. The van der Waals surface area contributed by atoms with Crippen molar-refractivity contribution in [1.29, 1.82) is 0 Å². The van der Waals surface area contributed by atoms with Crippen LogP contribution in [0.5, 0.6) is 0 Å². The highest BCUT2D eigenvalue weighted by Gasteiger charge is 2.42. The molecule has 2 fully saturated rings. The highest BCUT2D eigenvalue weighted by Crippen LogP contribution is 2.44. The molecule has 2 aliphatic carbocycles. The number of hydrogen-bond donors (Lipinski definition) is 1. The number of carbonyl (C=O) groups is 2. The topological polar surface area (TPSA) is 63.6 Å². The highest BCUT2D eigenvalue weighted by molar-refractivity contribution is 5.81. The fourth-order valence-electron chi connectivity index (χ4n) is 6.36. The zero-order valence-corrected chi connectivity index (χ0v) is 20.1. The molecule has 0 bridgehead atoms. The van der Waals surface area contributed by atoms with Crippen LogP contribution in [0.4, 0.5) is 0 Å². The molecule has 2 saturated carbocycles. The van der Waals surface area contributed by atoms with Crippen molar-refractivity contribution in [3.8, 4) is 0 Å². The second kappa shape index (κ2) is 12.1. The standard InChI is InChI=1S/C26H46O4/c1-6-7-8-9-10-11-21-18(3)15-19(4)24(20(21)5)16-30-26(29)22-13-12-17(2)14-23(22)25(27)28/h17-24H,6-16H2,1-5H3,(H,27,28). The van der Waals surface area contributed by atoms with E-state index in [2.05, 4.69) is 34.6 Å². The van der Waals surface area contributed by atoms with Crippen molar-refractivity contribution in [2.75, 3.05) is 6.61 Å². The van der Waals surface area contributed by atoms with Crippen LogP contribution in [0.25, 0.3) is 0 Å². The molecule has 0 heterocycles. The number of esters is 1. The van der Waals surface area contributed by atoms with Crippen molar-refractivity contribution in [3.05, 3.63) is 0 Å². The fourth-order valence-corrected chi connectivity index (χ4v) is 6.36. The maximum Gasteiger partial charge on any atom is 0.309 e. The number of rotatable bonds is 10. The molecule has 0 spiro atoms. The van der Waals surface area contributed by atoms with E-state index in [1.165, 1.54) is 44.9 Å². The Labute approximate surface area is 184 Å². The first-order chi connectivity index (χ1) is 14.3. The van der Waals surface area contributed by atoms with Gasteiger partial charge in [-0.05, 0) is 67.6 Å². The molecule has 4 heteroatoms. The van der Waals surface area contributed by atoms with Crippen molar-refractivity contribution in [1.82, 2.24) is 0 Å². The summed E-state index contributed by atoms with van der Waals surface area (Å²) in [6, 6.07) is 0. The van der Waals surface area contributed by atoms with Gasteiger partial charge in [0.2, 0.25) is 0 Å². The Morgan fingerprint density at radius 1 is 0.867 bits per heavy atom. The summed E-state index contributed by atoms with van der Waals surface area (Å²) in [5.74, 6) is 1.09. The summed E-state index contributed by atoms with van der Waals surface area (Å²) < 4.78 is 5.82. The number of ether oxygens (including phenoxy) is 1. The van der Waals surface area contributed by atoms with Crippen LogP contribution in [-0.2, 0) is 14.3 Å². The molecule has 2 rings (SSSR count). The molecule has 0 aliphatic heterocycles. The molecule has 8 atom stereocenters. The quantitative estimate of drug-likeness (QED) is 0.319. The van der Waals surface area contributed by atoms with Gasteiger partial charge in [0.15, 0.2) is 0 Å². The Bertz CT molecular complexity index is 545. The average Bonchev–Trinajstić information content (AvgIpc) is 2.69. The molecule has 0 amide bonds. The summed E-state index contributed by atoms with van der Waals surface area (Å²) in [5, 5.41) is 9.57. The van der Waals surface area contributed by atoms with E-state index in [1.54, 1.807) is 0 Å². The fraction of sp³-hybridized carbons (Fsp3) is 0.923. The predicted molar refractivity (Wildman–Crippen MR) is 121 cm³/mol. The SMILES string of the molecule is CCCCCCCC1C(C)CC(C)C(COC(=O)C2CCC(C)CC2C(=O)O)C1C. The molecular weight excluding hydrogens is 376 g/mol. The monoisotopic (exact) mass is 422 g/mol. The van der Waals surface area contributed by atoms with Gasteiger partial charge < -0.3 is 9.84 Å². The van der Waals surface area contributed by atoms with Crippen LogP contribution in [0.3, 0.4) is 0 Å². The number of carboxylic acid groups (broad SMARTS) is 1. The molecule has 4 nitrogen and oxygen atoms in total. The molecule has 0 radical (unpaired) electrons. The number of carboxylic acids is 1. The van der Waals surface area contributed by atoms with Crippen LogP contribution >= 0.6 is 0 Å². The van der Waals surface area contributed by atoms with Crippen LogP contribution in [0, 0.1) is 47.3 Å². The van der Waals surface area contributed by atoms with Crippen LogP contribution in [0.15, 0.2) is 0 Å². The molecular formula is C26H46O4. The Morgan fingerprint density at radius 2 is 1.53 bits per heavy atom. The third-order valence-corrected chi connectivity index (χ3v) is 8.35. The summed E-state index contributed by atoms with van der Waals surface area (Å²) in [5.41, 5.74) is 0. The summed E-state index contributed by atoms with van der Waals surface area (Å²) in [7, 11) is 0. The molecule has 8 unspecified atom stereocenters. The van der Waals surface area contributed by atoms with Gasteiger partial charge in [0, 0.05) is 0 Å². The summed E-state index contributed by atoms with van der Waals surface area (Å²) in [6.07, 6.45) is 11.2. The summed E-state index contributed by atoms with van der Waals surface area (Å²) in [6.45, 7) is 11.8. The van der Waals surface area contributed by atoms with E-state index in [0.717, 1.165) is 12.3 Å². The molecule has 0 aromatic heterocycles. The minimum atomic E-state index is -0.847. The van der Waals surface area contributed by atoms with Crippen LogP contribution in [-0.4, -0.2) is 23.7 Å². The highest BCUT2D eigenvalue weighted by atomic mass is 16.5. The van der Waals surface area contributed by atoms with E-state index < -0.39 is 17.8 Å². The van der Waals surface area contributed by atoms with E-state index >= 15 is 0 Å². The van der Waals surface area contributed by atoms with E-state index in [4.69, 9.17) is 4.74 Å². The molecule has 2 aliphatic rings. The first kappa shape index (κ1) is 25.2. The number of unbranched alkanes of at least 4 members (excludes halogenated alkanes) is 4. The van der Waals surface area contributed by atoms with Gasteiger partial charge in [-0.25, -0.2) is 0 Å². The maximum absolute atomic E-state index is 12.8. The predicted octanol–water partition coefficient (Wildman–Crippen LogP) is 6.57. The second-order valence-electron chi connectivity index (χ2n) is 10.7. The maximum atomic E-state index is 12.8. The number of carbonyl (C=O) groups excluding carboxylic acids is 1. The van der Waals surface area contributed by atoms with Crippen LogP contribution in [0.2, 0.25) is 0 Å². The minimum absolute atomic E-state index is 0.275. The van der Waals surface area contributed by atoms with E-state index in [1.807, 2.05) is 0 Å². The average molecular weight is 423 g/mol. The Hall–Kier alpha value is -1.06. The number of hydrogen-bond acceptors (Lipinski definition) is 3. The Balaban J connectivity index is 1.90. The van der Waals surface area contributed by atoms with Gasteiger partial charge in [-0.1, -0.05) is 66.7 Å². The molecule has 0 aromatic carbocycles. The largest absolute Gasteiger partial charge is 0.481 e. The third kappa shape index (κ3) is 6.72. The van der Waals surface area contributed by atoms with Crippen molar-refractivity contribution in [2.24, 2.45) is 47.3 Å². The zero-order chi connectivity index (χ0) is 22.3. The van der Waals surface area contributed by atoms with Gasteiger partial charge >= 0.3 is 11.9 Å². The van der Waals surface area contributed by atoms with Crippen molar-refractivity contribution in [3.63, 3.8) is 0 Å². The molecule has 0 aromatic rings. The molecule has 1 N–H and O–H groups in total. The first-order valence-electron chi connectivity index (χ1n) is 12.7. The van der Waals surface area contributed by atoms with Crippen LogP contribution in [0.1, 0.15) is 98.8 Å². The Kier molecular flexibility index (Phi) is 10.2. The van der Waals surface area contributed by atoms with Crippen molar-refractivity contribution in [2.45, 2.75) is 98.8 Å². The Morgan fingerprint density at radius 3 is 2.20 bits per heavy atom. The molecule has 0 saturated heterocycles. The van der Waals surface area contributed by atoms with E-state index in [9.17, 15) is 14.7 Å². The first-order valence-corrected chi connectivity index (χ1v) is 12.7. The van der Waals surface area contributed by atoms with E-state index in [0.29, 0.717) is 49.0 Å². The number of aliphatic carboxylic acids is 1. The van der Waals surface area contributed by atoms with Gasteiger partial charge in [-0.15, -0.1) is 0 Å².